The highest BCUT2D eigenvalue weighted by molar-refractivity contribution is 6.33. The van der Waals surface area contributed by atoms with Gasteiger partial charge in [0.25, 0.3) is 0 Å². The molecule has 0 aliphatic rings. The second kappa shape index (κ2) is 5.90. The van der Waals surface area contributed by atoms with Gasteiger partial charge in [0.2, 0.25) is 0 Å². The highest BCUT2D eigenvalue weighted by Gasteiger charge is 2.17. The molecule has 0 bridgehead atoms. The first-order chi connectivity index (χ1) is 10.6. The summed E-state index contributed by atoms with van der Waals surface area (Å²) in [6.45, 7) is 6.05. The normalized spacial score (nSPS) is 10.7. The van der Waals surface area contributed by atoms with E-state index in [0.717, 1.165) is 38.7 Å². The number of aromatic nitrogens is 2. The van der Waals surface area contributed by atoms with E-state index in [4.69, 9.17) is 11.6 Å². The molecule has 2 aromatic carbocycles. The Hall–Kier alpha value is -2.19. The lowest BCUT2D eigenvalue weighted by molar-refractivity contribution is 0.946. The number of hydrogen-bond acceptors (Lipinski definition) is 2. The van der Waals surface area contributed by atoms with Crippen LogP contribution in [0.1, 0.15) is 17.0 Å². The van der Waals surface area contributed by atoms with Gasteiger partial charge in [0, 0.05) is 21.7 Å². The van der Waals surface area contributed by atoms with Gasteiger partial charge >= 0.3 is 0 Å². The van der Waals surface area contributed by atoms with Crippen molar-refractivity contribution >= 4 is 11.6 Å². The van der Waals surface area contributed by atoms with Gasteiger partial charge in [-0.05, 0) is 32.4 Å². The van der Waals surface area contributed by atoms with Crippen LogP contribution in [0.25, 0.3) is 22.3 Å². The van der Waals surface area contributed by atoms with Crippen molar-refractivity contribution in [1.82, 2.24) is 10.2 Å². The van der Waals surface area contributed by atoms with Gasteiger partial charge in [-0.25, -0.2) is 0 Å². The van der Waals surface area contributed by atoms with Gasteiger partial charge < -0.3 is 0 Å². The van der Waals surface area contributed by atoms with E-state index in [1.165, 1.54) is 5.56 Å². The Morgan fingerprint density at radius 2 is 1.32 bits per heavy atom. The Bertz CT molecular complexity index is 823. The Balaban J connectivity index is 2.33. The van der Waals surface area contributed by atoms with E-state index >= 15 is 0 Å². The number of rotatable bonds is 2. The molecule has 1 aromatic heterocycles. The molecule has 3 aromatic rings. The minimum Gasteiger partial charge on any atom is -0.155 e. The van der Waals surface area contributed by atoms with Crippen LogP contribution < -0.4 is 0 Å². The van der Waals surface area contributed by atoms with Crippen molar-refractivity contribution < 1.29 is 0 Å². The van der Waals surface area contributed by atoms with Gasteiger partial charge in [0.15, 0.2) is 0 Å². The minimum absolute atomic E-state index is 0.728. The van der Waals surface area contributed by atoms with Gasteiger partial charge in [-0.1, -0.05) is 59.6 Å². The molecule has 3 heteroatoms. The molecule has 0 radical (unpaired) electrons. The lowest BCUT2D eigenvalue weighted by atomic mass is 9.92. The molecule has 0 atom stereocenters. The van der Waals surface area contributed by atoms with Crippen LogP contribution in [-0.2, 0) is 0 Å². The third kappa shape index (κ3) is 2.62. The standard InChI is InChI=1S/C19H17ClN2/c1-12-8-10-15(11-9-12)18-13(2)21-22-14(3)19(18)16-6-4-5-7-17(16)20/h4-11H,1-3H3. The van der Waals surface area contributed by atoms with Gasteiger partial charge in [-0.3, -0.25) is 0 Å². The summed E-state index contributed by atoms with van der Waals surface area (Å²) in [7, 11) is 0. The average Bonchev–Trinajstić information content (AvgIpc) is 2.51. The molecule has 0 aliphatic heterocycles. The zero-order chi connectivity index (χ0) is 15.7. The fourth-order valence-corrected chi connectivity index (χ4v) is 2.91. The maximum atomic E-state index is 6.42. The van der Waals surface area contributed by atoms with Crippen molar-refractivity contribution in [2.75, 3.05) is 0 Å². The molecule has 0 aliphatic carbocycles. The number of halogens is 1. The first kappa shape index (κ1) is 14.7. The van der Waals surface area contributed by atoms with Crippen molar-refractivity contribution in [3.05, 3.63) is 70.5 Å². The van der Waals surface area contributed by atoms with E-state index in [9.17, 15) is 0 Å². The second-order valence-electron chi connectivity index (χ2n) is 5.47. The van der Waals surface area contributed by atoms with E-state index in [0.29, 0.717) is 0 Å². The summed E-state index contributed by atoms with van der Waals surface area (Å²) in [4.78, 5) is 0. The van der Waals surface area contributed by atoms with Crippen molar-refractivity contribution in [2.24, 2.45) is 0 Å². The van der Waals surface area contributed by atoms with E-state index in [1.807, 2.05) is 38.1 Å². The predicted molar refractivity (Wildman–Crippen MR) is 92.1 cm³/mol. The van der Waals surface area contributed by atoms with E-state index < -0.39 is 0 Å². The van der Waals surface area contributed by atoms with Crippen molar-refractivity contribution in [3.8, 4) is 22.3 Å². The Morgan fingerprint density at radius 3 is 1.95 bits per heavy atom. The topological polar surface area (TPSA) is 25.8 Å². The highest BCUT2D eigenvalue weighted by Crippen LogP contribution is 2.38. The van der Waals surface area contributed by atoms with Crippen molar-refractivity contribution in [3.63, 3.8) is 0 Å². The maximum absolute atomic E-state index is 6.42. The van der Waals surface area contributed by atoms with E-state index in [-0.39, 0.29) is 0 Å². The first-order valence-corrected chi connectivity index (χ1v) is 7.61. The minimum atomic E-state index is 0.728. The van der Waals surface area contributed by atoms with Crippen LogP contribution in [0, 0.1) is 20.8 Å². The van der Waals surface area contributed by atoms with Gasteiger partial charge in [-0.15, -0.1) is 0 Å². The maximum Gasteiger partial charge on any atom is 0.0685 e. The summed E-state index contributed by atoms with van der Waals surface area (Å²) in [6, 6.07) is 16.3. The van der Waals surface area contributed by atoms with Crippen LogP contribution in [0.4, 0.5) is 0 Å². The number of benzene rings is 2. The molecule has 0 saturated heterocycles. The van der Waals surface area contributed by atoms with Gasteiger partial charge in [-0.2, -0.15) is 10.2 Å². The van der Waals surface area contributed by atoms with Gasteiger partial charge in [0.05, 0.1) is 11.4 Å². The molecule has 3 rings (SSSR count). The van der Waals surface area contributed by atoms with Crippen LogP contribution in [0.15, 0.2) is 48.5 Å². The fourth-order valence-electron chi connectivity index (χ4n) is 2.68. The van der Waals surface area contributed by atoms with Crippen LogP contribution in [0.5, 0.6) is 0 Å². The molecule has 22 heavy (non-hydrogen) atoms. The lowest BCUT2D eigenvalue weighted by Crippen LogP contribution is -2.00. The number of aryl methyl sites for hydroxylation is 3. The smallest absolute Gasteiger partial charge is 0.0685 e. The van der Waals surface area contributed by atoms with Crippen LogP contribution >= 0.6 is 11.6 Å². The summed E-state index contributed by atoms with van der Waals surface area (Å²) >= 11 is 6.42. The second-order valence-corrected chi connectivity index (χ2v) is 5.87. The van der Waals surface area contributed by atoms with Crippen molar-refractivity contribution in [1.29, 1.82) is 0 Å². The molecular formula is C19H17ClN2. The Kier molecular flexibility index (Phi) is 3.95. The lowest BCUT2D eigenvalue weighted by Gasteiger charge is -2.15. The number of hydrogen-bond donors (Lipinski definition) is 0. The zero-order valence-electron chi connectivity index (χ0n) is 12.9. The summed E-state index contributed by atoms with van der Waals surface area (Å²) in [5.41, 5.74) is 7.31. The molecule has 0 amide bonds. The molecular weight excluding hydrogens is 292 g/mol. The summed E-state index contributed by atoms with van der Waals surface area (Å²) in [5.74, 6) is 0. The average molecular weight is 309 g/mol. The van der Waals surface area contributed by atoms with E-state index in [2.05, 4.69) is 41.4 Å². The largest absolute Gasteiger partial charge is 0.155 e. The van der Waals surface area contributed by atoms with Crippen LogP contribution in [0.3, 0.4) is 0 Å². The van der Waals surface area contributed by atoms with Crippen LogP contribution in [0.2, 0.25) is 5.02 Å². The third-order valence-corrected chi connectivity index (χ3v) is 4.14. The Labute approximate surface area is 135 Å². The molecule has 0 spiro atoms. The molecule has 0 fully saturated rings. The summed E-state index contributed by atoms with van der Waals surface area (Å²) < 4.78 is 0. The van der Waals surface area contributed by atoms with E-state index in [1.54, 1.807) is 0 Å². The molecule has 0 N–H and O–H groups in total. The molecule has 0 unspecified atom stereocenters. The summed E-state index contributed by atoms with van der Waals surface area (Å²) in [5, 5.41) is 9.32. The highest BCUT2D eigenvalue weighted by atomic mass is 35.5. The molecule has 1 heterocycles. The molecule has 2 nitrogen and oxygen atoms in total. The number of nitrogens with zero attached hydrogens (tertiary/aromatic N) is 2. The Morgan fingerprint density at radius 1 is 0.727 bits per heavy atom. The van der Waals surface area contributed by atoms with Crippen LogP contribution in [-0.4, -0.2) is 10.2 Å². The third-order valence-electron chi connectivity index (χ3n) is 3.81. The monoisotopic (exact) mass is 308 g/mol. The predicted octanol–water partition coefficient (Wildman–Crippen LogP) is 5.39. The van der Waals surface area contributed by atoms with Crippen molar-refractivity contribution in [2.45, 2.75) is 20.8 Å². The SMILES string of the molecule is Cc1ccc(-c2c(C)nnc(C)c2-c2ccccc2Cl)cc1. The summed E-state index contributed by atoms with van der Waals surface area (Å²) in [6.07, 6.45) is 0. The van der Waals surface area contributed by atoms with Gasteiger partial charge in [0.1, 0.15) is 0 Å². The molecule has 0 saturated carbocycles. The molecule has 110 valence electrons. The quantitative estimate of drug-likeness (QED) is 0.634. The first-order valence-electron chi connectivity index (χ1n) is 7.23. The zero-order valence-corrected chi connectivity index (χ0v) is 13.6. The fraction of sp³-hybridized carbons (Fsp3) is 0.158.